The summed E-state index contributed by atoms with van der Waals surface area (Å²) >= 11 is 0. The first-order valence-corrected chi connectivity index (χ1v) is 12.6. The van der Waals surface area contributed by atoms with E-state index >= 15 is 0 Å². The number of β-amino-alcohol motifs (C(OH)–C–C–N with tert-alkyl or cyclic N) is 1. The van der Waals surface area contributed by atoms with Crippen molar-refractivity contribution < 1.29 is 26.7 Å². The summed E-state index contributed by atoms with van der Waals surface area (Å²) in [6.07, 6.45) is -1.69. The lowest BCUT2D eigenvalue weighted by molar-refractivity contribution is 0.0740. The molecule has 0 amide bonds. The van der Waals surface area contributed by atoms with Crippen molar-refractivity contribution in [3.05, 3.63) is 66.1 Å². The van der Waals surface area contributed by atoms with E-state index < -0.39 is 28.4 Å². The molecule has 4 rings (SSSR count). The number of aliphatic hydroxyl groups excluding tert-OH is 1. The number of likely N-dealkylation sites (tertiary alicyclic amines) is 1. The Morgan fingerprint density at radius 3 is 2.50 bits per heavy atom. The molecule has 182 valence electrons. The van der Waals surface area contributed by atoms with Gasteiger partial charge in [-0.05, 0) is 49.2 Å². The van der Waals surface area contributed by atoms with E-state index in [1.807, 2.05) is 11.0 Å². The van der Waals surface area contributed by atoms with Gasteiger partial charge >= 0.3 is 6.43 Å². The fourth-order valence-corrected chi connectivity index (χ4v) is 5.39. The van der Waals surface area contributed by atoms with Crippen molar-refractivity contribution >= 4 is 15.7 Å². The van der Waals surface area contributed by atoms with Gasteiger partial charge in [-0.3, -0.25) is 9.21 Å². The Morgan fingerprint density at radius 2 is 1.85 bits per heavy atom. The Morgan fingerprint density at radius 1 is 1.12 bits per heavy atom. The second-order valence-electron chi connectivity index (χ2n) is 8.20. The molecule has 34 heavy (non-hydrogen) atoms. The van der Waals surface area contributed by atoms with Crippen molar-refractivity contribution in [2.24, 2.45) is 0 Å². The highest BCUT2D eigenvalue weighted by Gasteiger charge is 2.26. The number of para-hydroxylation sites is 1. The van der Waals surface area contributed by atoms with Gasteiger partial charge in [0.2, 0.25) is 15.9 Å². The zero-order valence-electron chi connectivity index (χ0n) is 18.4. The quantitative estimate of drug-likeness (QED) is 0.488. The fourth-order valence-electron chi connectivity index (χ4n) is 3.89. The van der Waals surface area contributed by atoms with Crippen LogP contribution in [0.4, 0.5) is 14.5 Å². The van der Waals surface area contributed by atoms with Crippen LogP contribution < -0.4 is 4.31 Å². The minimum atomic E-state index is -3.67. The largest absolute Gasteiger partial charge is 0.415 e. The summed E-state index contributed by atoms with van der Waals surface area (Å²) in [5, 5.41) is 16.8. The number of anilines is 1. The molecular weight excluding hydrogens is 466 g/mol. The van der Waals surface area contributed by atoms with E-state index in [1.165, 1.54) is 4.31 Å². The standard InChI is InChI=1S/C23H26F2N4O4S/c24-21(25)23-27-26-22(33-23)18-10-8-17(9-11-18)15-29(19-5-2-1-3-6-19)34(31,32)14-13-28-12-4-7-20(30)16-28/h1-3,5-6,8-11,20-21,30H,4,7,12-16H2/t20-/m0/s1. The highest BCUT2D eigenvalue weighted by Crippen LogP contribution is 2.25. The summed E-state index contributed by atoms with van der Waals surface area (Å²) in [5.41, 5.74) is 1.71. The van der Waals surface area contributed by atoms with Crippen molar-refractivity contribution in [1.29, 1.82) is 0 Å². The monoisotopic (exact) mass is 492 g/mol. The van der Waals surface area contributed by atoms with E-state index in [9.17, 15) is 22.3 Å². The molecule has 8 nitrogen and oxygen atoms in total. The van der Waals surface area contributed by atoms with Crippen LogP contribution in [0.5, 0.6) is 0 Å². The molecule has 0 unspecified atom stereocenters. The molecule has 0 aliphatic carbocycles. The molecule has 1 aliphatic rings. The molecule has 0 bridgehead atoms. The average molecular weight is 493 g/mol. The van der Waals surface area contributed by atoms with E-state index in [-0.39, 0.29) is 18.2 Å². The maximum absolute atomic E-state index is 13.3. The molecule has 1 N–H and O–H groups in total. The molecule has 2 heterocycles. The first-order valence-electron chi connectivity index (χ1n) is 11.0. The summed E-state index contributed by atoms with van der Waals surface area (Å²) in [7, 11) is -3.67. The van der Waals surface area contributed by atoms with Crippen LogP contribution in [0.1, 0.15) is 30.7 Å². The topological polar surface area (TPSA) is 99.8 Å². The number of hydrogen-bond donors (Lipinski definition) is 1. The van der Waals surface area contributed by atoms with Crippen molar-refractivity contribution in [1.82, 2.24) is 15.1 Å². The van der Waals surface area contributed by atoms with Gasteiger partial charge in [0.25, 0.3) is 5.89 Å². The zero-order chi connectivity index (χ0) is 24.1. The SMILES string of the molecule is O=S(=O)(CCN1CCC[C@H](O)C1)N(Cc1ccc(-c2nnc(C(F)F)o2)cc1)c1ccccc1. The van der Waals surface area contributed by atoms with E-state index in [1.54, 1.807) is 48.5 Å². The van der Waals surface area contributed by atoms with Crippen molar-refractivity contribution in [2.75, 3.05) is 29.7 Å². The molecule has 3 aromatic rings. The van der Waals surface area contributed by atoms with Crippen LogP contribution in [-0.4, -0.2) is 60.1 Å². The summed E-state index contributed by atoms with van der Waals surface area (Å²) in [5.74, 6) is -0.856. The minimum Gasteiger partial charge on any atom is -0.415 e. The Hall–Kier alpha value is -2.89. The fraction of sp³-hybridized carbons (Fsp3) is 0.391. The smallest absolute Gasteiger partial charge is 0.314 e. The molecule has 0 saturated carbocycles. The van der Waals surface area contributed by atoms with Gasteiger partial charge in [-0.2, -0.15) is 8.78 Å². The number of alkyl halides is 2. The maximum atomic E-state index is 13.3. The van der Waals surface area contributed by atoms with Crippen molar-refractivity contribution in [3.63, 3.8) is 0 Å². The number of rotatable bonds is 9. The van der Waals surface area contributed by atoms with Gasteiger partial charge in [0, 0.05) is 18.7 Å². The van der Waals surface area contributed by atoms with Crippen LogP contribution in [0.2, 0.25) is 0 Å². The van der Waals surface area contributed by atoms with Crippen LogP contribution in [0.15, 0.2) is 59.0 Å². The second kappa shape index (κ2) is 10.6. The van der Waals surface area contributed by atoms with Gasteiger partial charge in [-0.25, -0.2) is 8.42 Å². The Balaban J connectivity index is 1.51. The highest BCUT2D eigenvalue weighted by molar-refractivity contribution is 7.92. The Labute approximate surface area is 196 Å². The predicted molar refractivity (Wildman–Crippen MR) is 123 cm³/mol. The molecule has 1 atom stereocenters. The van der Waals surface area contributed by atoms with E-state index in [4.69, 9.17) is 4.42 Å². The van der Waals surface area contributed by atoms with Gasteiger partial charge in [0.05, 0.1) is 24.1 Å². The summed E-state index contributed by atoms with van der Waals surface area (Å²) in [4.78, 5) is 1.97. The van der Waals surface area contributed by atoms with Gasteiger partial charge in [-0.1, -0.05) is 30.3 Å². The normalized spacial score (nSPS) is 17.2. The number of nitrogens with zero attached hydrogens (tertiary/aromatic N) is 4. The number of aromatic nitrogens is 2. The van der Waals surface area contributed by atoms with E-state index in [0.717, 1.165) is 19.4 Å². The van der Waals surface area contributed by atoms with Gasteiger partial charge in [0.1, 0.15) is 0 Å². The molecule has 1 aliphatic heterocycles. The third kappa shape index (κ3) is 5.96. The van der Waals surface area contributed by atoms with E-state index in [0.29, 0.717) is 29.9 Å². The maximum Gasteiger partial charge on any atom is 0.314 e. The van der Waals surface area contributed by atoms with Gasteiger partial charge < -0.3 is 9.52 Å². The molecule has 0 spiro atoms. The number of benzene rings is 2. The zero-order valence-corrected chi connectivity index (χ0v) is 19.2. The first kappa shape index (κ1) is 24.2. The van der Waals surface area contributed by atoms with Gasteiger partial charge in [-0.15, -0.1) is 10.2 Å². The Kier molecular flexibility index (Phi) is 7.54. The van der Waals surface area contributed by atoms with Crippen LogP contribution >= 0.6 is 0 Å². The summed E-state index contributed by atoms with van der Waals surface area (Å²) in [6, 6.07) is 15.5. The summed E-state index contributed by atoms with van der Waals surface area (Å²) < 4.78 is 58.4. The van der Waals surface area contributed by atoms with Crippen molar-refractivity contribution in [3.8, 4) is 11.5 Å². The highest BCUT2D eigenvalue weighted by atomic mass is 32.2. The average Bonchev–Trinajstić information content (AvgIpc) is 3.33. The number of sulfonamides is 1. The molecule has 1 fully saturated rings. The molecule has 2 aromatic carbocycles. The van der Waals surface area contributed by atoms with Gasteiger partial charge in [0.15, 0.2) is 0 Å². The molecule has 1 aromatic heterocycles. The second-order valence-corrected chi connectivity index (χ2v) is 10.2. The molecule has 0 radical (unpaired) electrons. The number of hydrogen-bond acceptors (Lipinski definition) is 7. The molecule has 11 heteroatoms. The lowest BCUT2D eigenvalue weighted by Crippen LogP contribution is -2.43. The van der Waals surface area contributed by atoms with Crippen LogP contribution in [0.3, 0.4) is 0 Å². The molecule has 1 saturated heterocycles. The van der Waals surface area contributed by atoms with Crippen LogP contribution in [0.25, 0.3) is 11.5 Å². The summed E-state index contributed by atoms with van der Waals surface area (Å²) in [6.45, 7) is 1.68. The third-order valence-electron chi connectivity index (χ3n) is 5.68. The number of halogens is 2. The predicted octanol–water partition coefficient (Wildman–Crippen LogP) is 3.47. The number of aliphatic hydroxyl groups is 1. The van der Waals surface area contributed by atoms with E-state index in [2.05, 4.69) is 10.2 Å². The minimum absolute atomic E-state index is 0.0295. The third-order valence-corrected chi connectivity index (χ3v) is 7.39. The van der Waals surface area contributed by atoms with Crippen LogP contribution in [-0.2, 0) is 16.6 Å². The first-order chi connectivity index (χ1) is 16.3. The lowest BCUT2D eigenvalue weighted by Gasteiger charge is -2.31. The number of piperidine rings is 1. The van der Waals surface area contributed by atoms with Crippen molar-refractivity contribution in [2.45, 2.75) is 31.9 Å². The molecular formula is C23H26F2N4O4S. The van der Waals surface area contributed by atoms with Crippen LogP contribution in [0, 0.1) is 0 Å². The lowest BCUT2D eigenvalue weighted by atomic mass is 10.1. The Bertz CT molecular complexity index is 1170.